The minimum Gasteiger partial charge on any atom is -0.435 e. The topological polar surface area (TPSA) is 55.7 Å². The summed E-state index contributed by atoms with van der Waals surface area (Å²) in [5, 5.41) is 0. The van der Waals surface area contributed by atoms with Gasteiger partial charge >= 0.3 is 5.97 Å². The lowest BCUT2D eigenvalue weighted by atomic mass is 9.69. The van der Waals surface area contributed by atoms with Crippen LogP contribution in [0.15, 0.2) is 4.99 Å². The molecule has 2 rings (SSSR count). The van der Waals surface area contributed by atoms with E-state index in [1.54, 1.807) is 0 Å². The number of ether oxygens (including phenoxy) is 1. The normalized spacial score (nSPS) is 43.2. The number of isocyanates is 1. The summed E-state index contributed by atoms with van der Waals surface area (Å²) in [7, 11) is 0. The van der Waals surface area contributed by atoms with Crippen LogP contribution in [0.1, 0.15) is 33.6 Å². The minimum absolute atomic E-state index is 0.243. The van der Waals surface area contributed by atoms with Gasteiger partial charge in [-0.25, -0.2) is 4.79 Å². The van der Waals surface area contributed by atoms with Gasteiger partial charge in [0.1, 0.15) is 0 Å². The Morgan fingerprint density at radius 2 is 2.00 bits per heavy atom. The van der Waals surface area contributed by atoms with Gasteiger partial charge in [0.25, 0.3) is 0 Å². The van der Waals surface area contributed by atoms with Gasteiger partial charge in [0, 0.05) is 11.8 Å². The molecule has 0 amide bonds. The molecular formula is C10H13NO3. The zero-order chi connectivity index (χ0) is 10.6. The molecule has 1 saturated heterocycles. The molecule has 2 aliphatic rings. The molecule has 1 aliphatic heterocycles. The van der Waals surface area contributed by atoms with E-state index < -0.39 is 16.6 Å². The molecule has 1 aliphatic carbocycles. The lowest BCUT2D eigenvalue weighted by Crippen LogP contribution is -2.39. The average Bonchev–Trinajstić information content (AvgIpc) is 2.35. The number of esters is 1. The molecule has 0 N–H and O–H groups in total. The Morgan fingerprint density at radius 1 is 1.36 bits per heavy atom. The maximum Gasteiger partial charge on any atom is 0.314 e. The van der Waals surface area contributed by atoms with Crippen LogP contribution < -0.4 is 0 Å². The van der Waals surface area contributed by atoms with Crippen LogP contribution in [-0.2, 0) is 14.3 Å². The highest BCUT2D eigenvalue weighted by molar-refractivity contribution is 5.82. The van der Waals surface area contributed by atoms with Gasteiger partial charge in [-0.15, -0.1) is 0 Å². The van der Waals surface area contributed by atoms with Crippen molar-refractivity contribution in [2.45, 2.75) is 39.3 Å². The Labute approximate surface area is 82.3 Å². The van der Waals surface area contributed by atoms with Crippen molar-refractivity contribution in [1.29, 1.82) is 0 Å². The Bertz CT molecular complexity index is 356. The molecule has 1 heterocycles. The first-order valence-corrected chi connectivity index (χ1v) is 4.72. The molecule has 0 aromatic carbocycles. The highest BCUT2D eigenvalue weighted by Crippen LogP contribution is 2.65. The third-order valence-corrected chi connectivity index (χ3v) is 4.26. The van der Waals surface area contributed by atoms with Gasteiger partial charge in [0.05, 0.1) is 5.41 Å². The maximum absolute atomic E-state index is 11.6. The van der Waals surface area contributed by atoms with Crippen LogP contribution in [0.5, 0.6) is 0 Å². The van der Waals surface area contributed by atoms with E-state index in [2.05, 4.69) is 4.99 Å². The van der Waals surface area contributed by atoms with Crippen LogP contribution in [0.2, 0.25) is 0 Å². The van der Waals surface area contributed by atoms with Gasteiger partial charge in [0.15, 0.2) is 0 Å². The first-order chi connectivity index (χ1) is 6.40. The third-order valence-electron chi connectivity index (χ3n) is 4.26. The molecule has 0 spiro atoms. The van der Waals surface area contributed by atoms with Crippen molar-refractivity contribution >= 4 is 12.0 Å². The number of nitrogens with zero attached hydrogens (tertiary/aromatic N) is 1. The zero-order valence-corrected chi connectivity index (χ0v) is 8.59. The van der Waals surface area contributed by atoms with Gasteiger partial charge in [-0.05, 0) is 13.3 Å². The quantitative estimate of drug-likeness (QED) is 0.361. The molecular weight excluding hydrogens is 182 g/mol. The minimum atomic E-state index is -0.958. The van der Waals surface area contributed by atoms with E-state index in [1.165, 1.54) is 6.08 Å². The van der Waals surface area contributed by atoms with E-state index in [-0.39, 0.29) is 5.97 Å². The van der Waals surface area contributed by atoms with E-state index in [0.717, 1.165) is 6.42 Å². The van der Waals surface area contributed by atoms with E-state index in [4.69, 9.17) is 4.74 Å². The second kappa shape index (κ2) is 2.26. The molecule has 4 nitrogen and oxygen atoms in total. The summed E-state index contributed by atoms with van der Waals surface area (Å²) in [5.74, 6) is -0.243. The third kappa shape index (κ3) is 0.697. The van der Waals surface area contributed by atoms with Crippen molar-refractivity contribution in [3.8, 4) is 0 Å². The van der Waals surface area contributed by atoms with E-state index >= 15 is 0 Å². The van der Waals surface area contributed by atoms with Crippen LogP contribution in [-0.4, -0.2) is 17.8 Å². The van der Waals surface area contributed by atoms with Crippen LogP contribution in [0.25, 0.3) is 0 Å². The smallest absolute Gasteiger partial charge is 0.314 e. The molecule has 0 radical (unpaired) electrons. The van der Waals surface area contributed by atoms with Crippen molar-refractivity contribution in [2.24, 2.45) is 15.8 Å². The molecule has 2 atom stereocenters. The summed E-state index contributed by atoms with van der Waals surface area (Å²) in [5.41, 5.74) is -1.89. The largest absolute Gasteiger partial charge is 0.435 e. The van der Waals surface area contributed by atoms with Gasteiger partial charge in [-0.3, -0.25) is 4.79 Å². The standard InChI is InChI=1S/C10H13NO3/c1-8(2)9(3)4-5-10(8,11-6-12)14-7(9)13/h4-5H2,1-3H3/t9-,10-/m0/s1. The summed E-state index contributed by atoms with van der Waals surface area (Å²) >= 11 is 0. The fourth-order valence-electron chi connectivity index (χ4n) is 2.57. The average molecular weight is 195 g/mol. The number of aliphatic imine (C=N–C) groups is 1. The van der Waals surface area contributed by atoms with Crippen LogP contribution in [0.4, 0.5) is 0 Å². The maximum atomic E-state index is 11.6. The second-order valence-electron chi connectivity index (χ2n) is 4.83. The summed E-state index contributed by atoms with van der Waals surface area (Å²) in [6.07, 6.45) is 2.87. The number of hydrogen-bond acceptors (Lipinski definition) is 4. The predicted molar refractivity (Wildman–Crippen MR) is 48.1 cm³/mol. The molecule has 0 aromatic rings. The fourth-order valence-corrected chi connectivity index (χ4v) is 2.57. The summed E-state index contributed by atoms with van der Waals surface area (Å²) in [6.45, 7) is 5.72. The molecule has 0 aromatic heterocycles. The van der Waals surface area contributed by atoms with Crippen molar-refractivity contribution in [1.82, 2.24) is 0 Å². The Kier molecular flexibility index (Phi) is 1.52. The Balaban J connectivity index is 2.59. The number of hydrogen-bond donors (Lipinski definition) is 0. The van der Waals surface area contributed by atoms with Crippen molar-refractivity contribution in [3.63, 3.8) is 0 Å². The van der Waals surface area contributed by atoms with Gasteiger partial charge in [-0.1, -0.05) is 13.8 Å². The highest BCUT2D eigenvalue weighted by atomic mass is 16.6. The first kappa shape index (κ1) is 9.41. The Hall–Kier alpha value is -1.15. The lowest BCUT2D eigenvalue weighted by molar-refractivity contribution is -0.159. The van der Waals surface area contributed by atoms with Crippen molar-refractivity contribution in [2.75, 3.05) is 0 Å². The highest BCUT2D eigenvalue weighted by Gasteiger charge is 2.73. The SMILES string of the molecule is CC1(C)[C@]2(N=C=O)CC[C@@]1(C)C(=O)O2. The van der Waals surface area contributed by atoms with Crippen LogP contribution in [0.3, 0.4) is 0 Å². The summed E-state index contributed by atoms with van der Waals surface area (Å²) in [4.78, 5) is 25.7. The molecule has 0 unspecified atom stereocenters. The molecule has 1 saturated carbocycles. The second-order valence-corrected chi connectivity index (χ2v) is 4.83. The van der Waals surface area contributed by atoms with Gasteiger partial charge < -0.3 is 4.74 Å². The number of rotatable bonds is 1. The number of carbonyl (C=O) groups is 1. The number of carbonyl (C=O) groups excluding carboxylic acids is 2. The van der Waals surface area contributed by atoms with Crippen molar-refractivity contribution in [3.05, 3.63) is 0 Å². The first-order valence-electron chi connectivity index (χ1n) is 4.72. The predicted octanol–water partition coefficient (Wildman–Crippen LogP) is 1.40. The molecule has 4 heteroatoms. The van der Waals surface area contributed by atoms with Gasteiger partial charge in [0.2, 0.25) is 11.8 Å². The lowest BCUT2D eigenvalue weighted by Gasteiger charge is -2.31. The van der Waals surface area contributed by atoms with E-state index in [9.17, 15) is 9.59 Å². The van der Waals surface area contributed by atoms with Crippen LogP contribution >= 0.6 is 0 Å². The van der Waals surface area contributed by atoms with Crippen molar-refractivity contribution < 1.29 is 14.3 Å². The molecule has 76 valence electrons. The van der Waals surface area contributed by atoms with Gasteiger partial charge in [-0.2, -0.15) is 4.99 Å². The van der Waals surface area contributed by atoms with E-state index in [1.807, 2.05) is 20.8 Å². The Morgan fingerprint density at radius 3 is 2.36 bits per heavy atom. The van der Waals surface area contributed by atoms with Crippen LogP contribution in [0, 0.1) is 10.8 Å². The number of fused-ring (bicyclic) bond motifs is 2. The fraction of sp³-hybridized carbons (Fsp3) is 0.800. The monoisotopic (exact) mass is 195 g/mol. The molecule has 14 heavy (non-hydrogen) atoms. The van der Waals surface area contributed by atoms with E-state index in [0.29, 0.717) is 6.42 Å². The zero-order valence-electron chi connectivity index (χ0n) is 8.59. The summed E-state index contributed by atoms with van der Waals surface area (Å²) in [6, 6.07) is 0. The molecule has 2 bridgehead atoms. The summed E-state index contributed by atoms with van der Waals surface area (Å²) < 4.78 is 5.24. The molecule has 2 fully saturated rings.